The lowest BCUT2D eigenvalue weighted by Crippen LogP contribution is -2.19. The molecule has 0 radical (unpaired) electrons. The lowest BCUT2D eigenvalue weighted by atomic mass is 10.0. The summed E-state index contributed by atoms with van der Waals surface area (Å²) >= 11 is 0. The second kappa shape index (κ2) is 5.94. The Labute approximate surface area is 123 Å². The van der Waals surface area contributed by atoms with Crippen LogP contribution in [0.2, 0.25) is 0 Å². The molecule has 3 aromatic carbocycles. The van der Waals surface area contributed by atoms with E-state index in [0.717, 1.165) is 10.9 Å². The van der Waals surface area contributed by atoms with Crippen molar-refractivity contribution in [3.63, 3.8) is 0 Å². The lowest BCUT2D eigenvalue weighted by Gasteiger charge is -2.14. The molecule has 2 N–H and O–H groups in total. The number of hydrogen-bond acceptors (Lipinski definition) is 2. The molecule has 0 fully saturated rings. The molecule has 0 heterocycles. The van der Waals surface area contributed by atoms with Crippen LogP contribution in [0.1, 0.15) is 11.6 Å². The maximum atomic E-state index is 13.1. The third-order valence-electron chi connectivity index (χ3n) is 3.43. The molecule has 1 atom stereocenters. The molecule has 0 amide bonds. The van der Waals surface area contributed by atoms with Crippen LogP contribution in [-0.2, 0) is 0 Å². The van der Waals surface area contributed by atoms with Crippen molar-refractivity contribution in [1.29, 1.82) is 0 Å². The van der Waals surface area contributed by atoms with E-state index in [4.69, 9.17) is 10.5 Å². The summed E-state index contributed by atoms with van der Waals surface area (Å²) in [6, 6.07) is 20.1. The van der Waals surface area contributed by atoms with Gasteiger partial charge in [-0.05, 0) is 34.5 Å². The van der Waals surface area contributed by atoms with Gasteiger partial charge in [0.05, 0.1) is 6.04 Å². The van der Waals surface area contributed by atoms with Crippen molar-refractivity contribution in [2.75, 3.05) is 6.61 Å². The SMILES string of the molecule is NC(COc1cccc(F)c1)c1ccc2ccccc2c1. The number of ether oxygens (including phenoxy) is 1. The second-order valence-corrected chi connectivity index (χ2v) is 4.98. The summed E-state index contributed by atoms with van der Waals surface area (Å²) in [5.74, 6) is 0.179. The molecule has 0 spiro atoms. The zero-order valence-electron chi connectivity index (χ0n) is 11.5. The molecule has 0 bridgehead atoms. The predicted molar refractivity (Wildman–Crippen MR) is 82.8 cm³/mol. The van der Waals surface area contributed by atoms with Gasteiger partial charge in [0.15, 0.2) is 0 Å². The number of fused-ring (bicyclic) bond motifs is 1. The van der Waals surface area contributed by atoms with E-state index in [2.05, 4.69) is 18.2 Å². The minimum Gasteiger partial charge on any atom is -0.492 e. The zero-order valence-corrected chi connectivity index (χ0v) is 11.5. The zero-order chi connectivity index (χ0) is 14.7. The van der Waals surface area contributed by atoms with Gasteiger partial charge in [0.25, 0.3) is 0 Å². The first-order valence-corrected chi connectivity index (χ1v) is 6.85. The number of rotatable bonds is 4. The van der Waals surface area contributed by atoms with Gasteiger partial charge in [-0.2, -0.15) is 0 Å². The monoisotopic (exact) mass is 281 g/mol. The molecule has 0 aliphatic carbocycles. The first-order valence-electron chi connectivity index (χ1n) is 6.85. The Hall–Kier alpha value is -2.39. The van der Waals surface area contributed by atoms with Crippen LogP contribution >= 0.6 is 0 Å². The highest BCUT2D eigenvalue weighted by Gasteiger charge is 2.08. The van der Waals surface area contributed by atoms with Gasteiger partial charge >= 0.3 is 0 Å². The van der Waals surface area contributed by atoms with Crippen LogP contribution in [0.25, 0.3) is 10.8 Å². The van der Waals surface area contributed by atoms with E-state index in [1.54, 1.807) is 12.1 Å². The van der Waals surface area contributed by atoms with Gasteiger partial charge < -0.3 is 10.5 Å². The smallest absolute Gasteiger partial charge is 0.126 e. The van der Waals surface area contributed by atoms with Crippen molar-refractivity contribution in [3.8, 4) is 5.75 Å². The molecule has 0 saturated carbocycles. The molecule has 3 aromatic rings. The Kier molecular flexibility index (Phi) is 3.84. The Morgan fingerprint density at radius 3 is 2.52 bits per heavy atom. The summed E-state index contributed by atoms with van der Waals surface area (Å²) in [7, 11) is 0. The van der Waals surface area contributed by atoms with E-state index in [0.29, 0.717) is 12.4 Å². The summed E-state index contributed by atoms with van der Waals surface area (Å²) in [6.07, 6.45) is 0. The van der Waals surface area contributed by atoms with E-state index in [1.807, 2.05) is 24.3 Å². The van der Waals surface area contributed by atoms with Crippen LogP contribution in [0.4, 0.5) is 4.39 Å². The second-order valence-electron chi connectivity index (χ2n) is 4.98. The number of nitrogens with two attached hydrogens (primary N) is 1. The minimum absolute atomic E-state index is 0.252. The van der Waals surface area contributed by atoms with Gasteiger partial charge in [0.1, 0.15) is 18.2 Å². The molecule has 106 valence electrons. The van der Waals surface area contributed by atoms with Crippen LogP contribution in [0.3, 0.4) is 0 Å². The molecule has 2 nitrogen and oxygen atoms in total. The van der Waals surface area contributed by atoms with Crippen LogP contribution in [0, 0.1) is 5.82 Å². The standard InChI is InChI=1S/C18H16FNO/c19-16-6-3-7-17(11-16)21-12-18(20)15-9-8-13-4-1-2-5-14(13)10-15/h1-11,18H,12,20H2. The predicted octanol–water partition coefficient (Wildman–Crippen LogP) is 4.06. The maximum absolute atomic E-state index is 13.1. The fraction of sp³-hybridized carbons (Fsp3) is 0.111. The highest BCUT2D eigenvalue weighted by atomic mass is 19.1. The first kappa shape index (κ1) is 13.6. The third-order valence-corrected chi connectivity index (χ3v) is 3.43. The van der Waals surface area contributed by atoms with Gasteiger partial charge in [-0.1, -0.05) is 42.5 Å². The van der Waals surface area contributed by atoms with E-state index in [-0.39, 0.29) is 11.9 Å². The minimum atomic E-state index is -0.313. The van der Waals surface area contributed by atoms with Crippen molar-refractivity contribution in [2.24, 2.45) is 5.73 Å². The fourth-order valence-electron chi connectivity index (χ4n) is 2.28. The highest BCUT2D eigenvalue weighted by molar-refractivity contribution is 5.83. The average Bonchev–Trinajstić information content (AvgIpc) is 2.52. The van der Waals surface area contributed by atoms with Crippen LogP contribution in [0.15, 0.2) is 66.7 Å². The number of halogens is 1. The number of benzene rings is 3. The van der Waals surface area contributed by atoms with E-state index in [9.17, 15) is 4.39 Å². The van der Waals surface area contributed by atoms with Crippen LogP contribution in [-0.4, -0.2) is 6.61 Å². The van der Waals surface area contributed by atoms with E-state index >= 15 is 0 Å². The summed E-state index contributed by atoms with van der Waals surface area (Å²) in [5.41, 5.74) is 7.16. The highest BCUT2D eigenvalue weighted by Crippen LogP contribution is 2.20. The molecule has 21 heavy (non-hydrogen) atoms. The summed E-state index contributed by atoms with van der Waals surface area (Å²) in [6.45, 7) is 0.307. The van der Waals surface area contributed by atoms with Gasteiger partial charge in [0.2, 0.25) is 0 Å². The van der Waals surface area contributed by atoms with Gasteiger partial charge in [0, 0.05) is 6.07 Å². The van der Waals surface area contributed by atoms with Crippen LogP contribution in [0.5, 0.6) is 5.75 Å². The molecule has 3 rings (SSSR count). The third kappa shape index (κ3) is 3.20. The molecule has 3 heteroatoms. The maximum Gasteiger partial charge on any atom is 0.126 e. The van der Waals surface area contributed by atoms with Gasteiger partial charge in [-0.15, -0.1) is 0 Å². The van der Waals surface area contributed by atoms with Crippen molar-refractivity contribution in [2.45, 2.75) is 6.04 Å². The normalized spacial score (nSPS) is 12.3. The fourth-order valence-corrected chi connectivity index (χ4v) is 2.28. The summed E-state index contributed by atoms with van der Waals surface area (Å²) in [4.78, 5) is 0. The largest absolute Gasteiger partial charge is 0.492 e. The first-order chi connectivity index (χ1) is 10.2. The Morgan fingerprint density at radius 2 is 1.71 bits per heavy atom. The Morgan fingerprint density at radius 1 is 0.905 bits per heavy atom. The molecule has 0 aromatic heterocycles. The molecule has 0 saturated heterocycles. The quantitative estimate of drug-likeness (QED) is 0.782. The average molecular weight is 281 g/mol. The summed E-state index contributed by atoms with van der Waals surface area (Å²) < 4.78 is 18.6. The lowest BCUT2D eigenvalue weighted by molar-refractivity contribution is 0.289. The van der Waals surface area contributed by atoms with Crippen molar-refractivity contribution < 1.29 is 9.13 Å². The van der Waals surface area contributed by atoms with E-state index < -0.39 is 0 Å². The topological polar surface area (TPSA) is 35.2 Å². The van der Waals surface area contributed by atoms with Gasteiger partial charge in [-0.3, -0.25) is 0 Å². The molecule has 1 unspecified atom stereocenters. The molecule has 0 aliphatic rings. The van der Waals surface area contributed by atoms with Crippen LogP contribution < -0.4 is 10.5 Å². The van der Waals surface area contributed by atoms with Crippen molar-refractivity contribution in [1.82, 2.24) is 0 Å². The Bertz CT molecular complexity index is 757. The van der Waals surface area contributed by atoms with Gasteiger partial charge in [-0.25, -0.2) is 4.39 Å². The van der Waals surface area contributed by atoms with E-state index in [1.165, 1.54) is 17.5 Å². The van der Waals surface area contributed by atoms with Crippen molar-refractivity contribution in [3.05, 3.63) is 78.1 Å². The molecule has 0 aliphatic heterocycles. The van der Waals surface area contributed by atoms with Crippen molar-refractivity contribution >= 4 is 10.8 Å². The number of hydrogen-bond donors (Lipinski definition) is 1. The molecular weight excluding hydrogens is 265 g/mol. The molecular formula is C18H16FNO. The Balaban J connectivity index is 1.73. The summed E-state index contributed by atoms with van der Waals surface area (Å²) in [5, 5.41) is 2.33.